The van der Waals surface area contributed by atoms with E-state index < -0.39 is 11.9 Å². The van der Waals surface area contributed by atoms with Crippen molar-refractivity contribution < 1.29 is 19.1 Å². The predicted molar refractivity (Wildman–Crippen MR) is 145 cm³/mol. The molecule has 3 aromatic carbocycles. The second-order valence-electron chi connectivity index (χ2n) is 7.81. The van der Waals surface area contributed by atoms with Gasteiger partial charge in [0.2, 0.25) is 0 Å². The van der Waals surface area contributed by atoms with E-state index in [1.165, 1.54) is 0 Å². The van der Waals surface area contributed by atoms with Gasteiger partial charge in [0.15, 0.2) is 11.5 Å². The number of nitrogens with zero attached hydrogens (tertiary/aromatic N) is 1. The largest absolute Gasteiger partial charge is 0.490 e. The summed E-state index contributed by atoms with van der Waals surface area (Å²) >= 11 is 2.27. The van der Waals surface area contributed by atoms with E-state index in [4.69, 9.17) is 9.47 Å². The van der Waals surface area contributed by atoms with Crippen LogP contribution in [0.5, 0.6) is 11.5 Å². The van der Waals surface area contributed by atoms with Crippen LogP contribution in [0, 0.1) is 3.57 Å². The Labute approximate surface area is 218 Å². The molecule has 0 spiro atoms. The molecule has 0 radical (unpaired) electrons. The molecule has 1 aliphatic heterocycles. The van der Waals surface area contributed by atoms with Crippen molar-refractivity contribution in [2.75, 3.05) is 11.5 Å². The van der Waals surface area contributed by atoms with Crippen LogP contribution in [0.3, 0.4) is 0 Å². The molecule has 7 heteroatoms. The van der Waals surface area contributed by atoms with Gasteiger partial charge in [-0.3, -0.25) is 4.79 Å². The first-order valence-electron chi connectivity index (χ1n) is 11.2. The molecule has 35 heavy (non-hydrogen) atoms. The molecule has 3 aromatic rings. The second-order valence-corrected chi connectivity index (χ2v) is 9.06. The summed E-state index contributed by atoms with van der Waals surface area (Å²) in [5, 5.41) is 2.68. The van der Waals surface area contributed by atoms with Crippen molar-refractivity contribution in [1.82, 2.24) is 5.32 Å². The summed E-state index contributed by atoms with van der Waals surface area (Å²) in [6.45, 7) is 6.61. The third-order valence-electron chi connectivity index (χ3n) is 5.32. The van der Waals surface area contributed by atoms with E-state index >= 15 is 0 Å². The van der Waals surface area contributed by atoms with Gasteiger partial charge in [-0.25, -0.2) is 9.69 Å². The first-order chi connectivity index (χ1) is 17.0. The Morgan fingerprint density at radius 1 is 1.03 bits per heavy atom. The molecule has 1 heterocycles. The molecule has 1 saturated heterocycles. The lowest BCUT2D eigenvalue weighted by Gasteiger charge is -2.17. The third kappa shape index (κ3) is 5.74. The number of carbonyl (C=O) groups excluding carboxylic acids is 2. The molecule has 1 aliphatic rings. The number of nitrogens with one attached hydrogen (secondary N) is 1. The van der Waals surface area contributed by atoms with Gasteiger partial charge in [-0.2, -0.15) is 0 Å². The van der Waals surface area contributed by atoms with Crippen LogP contribution in [0.4, 0.5) is 10.5 Å². The second kappa shape index (κ2) is 11.2. The van der Waals surface area contributed by atoms with Crippen LogP contribution in [0.25, 0.3) is 6.08 Å². The van der Waals surface area contributed by atoms with Crippen LogP contribution in [0.2, 0.25) is 0 Å². The van der Waals surface area contributed by atoms with E-state index in [2.05, 4.69) is 34.5 Å². The molecular weight excluding hydrogens is 555 g/mol. The molecule has 1 N–H and O–H groups in total. The predicted octanol–water partition coefficient (Wildman–Crippen LogP) is 6.09. The topological polar surface area (TPSA) is 67.9 Å². The molecule has 0 bridgehead atoms. The van der Waals surface area contributed by atoms with Crippen molar-refractivity contribution in [1.29, 1.82) is 0 Å². The van der Waals surface area contributed by atoms with Gasteiger partial charge in [0, 0.05) is 9.13 Å². The Morgan fingerprint density at radius 2 is 1.77 bits per heavy atom. The zero-order chi connectivity index (χ0) is 24.8. The maximum absolute atomic E-state index is 13.0. The lowest BCUT2D eigenvalue weighted by Crippen LogP contribution is -2.30. The highest BCUT2D eigenvalue weighted by molar-refractivity contribution is 14.1. The van der Waals surface area contributed by atoms with Crippen molar-refractivity contribution in [3.63, 3.8) is 0 Å². The highest BCUT2D eigenvalue weighted by Crippen LogP contribution is 2.35. The number of hydrogen-bond donors (Lipinski definition) is 1. The fourth-order valence-corrected chi connectivity index (χ4v) is 4.11. The van der Waals surface area contributed by atoms with E-state index in [0.717, 1.165) is 19.6 Å². The first-order valence-corrected chi connectivity index (χ1v) is 12.3. The summed E-state index contributed by atoms with van der Waals surface area (Å²) in [5.41, 5.74) is 3.34. The summed E-state index contributed by atoms with van der Waals surface area (Å²) < 4.78 is 13.3. The van der Waals surface area contributed by atoms with Gasteiger partial charge in [-0.15, -0.1) is 6.58 Å². The normalized spacial score (nSPS) is 14.2. The molecule has 0 unspecified atom stereocenters. The number of benzene rings is 3. The molecule has 4 rings (SSSR count). The summed E-state index contributed by atoms with van der Waals surface area (Å²) in [7, 11) is 0. The van der Waals surface area contributed by atoms with E-state index in [1.54, 1.807) is 36.4 Å². The van der Waals surface area contributed by atoms with Gasteiger partial charge in [-0.1, -0.05) is 36.4 Å². The van der Waals surface area contributed by atoms with Crippen LogP contribution in [-0.4, -0.2) is 18.5 Å². The lowest BCUT2D eigenvalue weighted by molar-refractivity contribution is -0.113. The molecule has 0 atom stereocenters. The standard InChI is InChI=1S/C28H25IN2O4/c1-3-8-21-15-20(16-24-27(32)31(28(33)30-24)23-9-6-5-7-10-23)17-25(34-4-2)26(21)35-18-19-11-13-22(29)14-12-19/h3,5-7,9-17H,1,4,8,18H2,2H3,(H,30,33)/b24-16+. The van der Waals surface area contributed by atoms with Gasteiger partial charge in [-0.05, 0) is 89.5 Å². The Morgan fingerprint density at radius 3 is 2.46 bits per heavy atom. The highest BCUT2D eigenvalue weighted by atomic mass is 127. The average Bonchev–Trinajstić information content (AvgIpc) is 3.13. The molecule has 1 fully saturated rings. The number of ether oxygens (including phenoxy) is 2. The minimum atomic E-state index is -0.485. The number of amides is 3. The van der Waals surface area contributed by atoms with Crippen molar-refractivity contribution in [3.05, 3.63) is 105 Å². The van der Waals surface area contributed by atoms with E-state index in [0.29, 0.717) is 42.4 Å². The molecule has 0 saturated carbocycles. The minimum absolute atomic E-state index is 0.193. The van der Waals surface area contributed by atoms with Gasteiger partial charge in [0.1, 0.15) is 12.3 Å². The number of urea groups is 1. The van der Waals surface area contributed by atoms with Crippen LogP contribution in [0.15, 0.2) is 85.1 Å². The van der Waals surface area contributed by atoms with Crippen LogP contribution in [0.1, 0.15) is 23.6 Å². The number of para-hydroxylation sites is 1. The number of imide groups is 1. The fraction of sp³-hybridized carbons (Fsp3) is 0.143. The zero-order valence-electron chi connectivity index (χ0n) is 19.3. The number of allylic oxidation sites excluding steroid dienone is 1. The summed E-state index contributed by atoms with van der Waals surface area (Å²) in [6, 6.07) is 20.2. The molecule has 3 amide bonds. The fourth-order valence-electron chi connectivity index (χ4n) is 3.75. The minimum Gasteiger partial charge on any atom is -0.490 e. The maximum atomic E-state index is 13.0. The van der Waals surface area contributed by atoms with Crippen molar-refractivity contribution >= 4 is 46.3 Å². The summed E-state index contributed by atoms with van der Waals surface area (Å²) in [5.74, 6) is 0.796. The summed E-state index contributed by atoms with van der Waals surface area (Å²) in [6.07, 6.45) is 4.00. The smallest absolute Gasteiger partial charge is 0.333 e. The molecule has 178 valence electrons. The Bertz CT molecular complexity index is 1270. The molecule has 6 nitrogen and oxygen atoms in total. The quantitative estimate of drug-likeness (QED) is 0.144. The van der Waals surface area contributed by atoms with Gasteiger partial charge in [0.05, 0.1) is 12.3 Å². The number of halogens is 1. The number of rotatable bonds is 9. The van der Waals surface area contributed by atoms with Gasteiger partial charge < -0.3 is 14.8 Å². The zero-order valence-corrected chi connectivity index (χ0v) is 21.4. The van der Waals surface area contributed by atoms with Crippen LogP contribution < -0.4 is 19.7 Å². The van der Waals surface area contributed by atoms with Crippen molar-refractivity contribution in [2.24, 2.45) is 0 Å². The number of hydrogen-bond acceptors (Lipinski definition) is 4. The van der Waals surface area contributed by atoms with Crippen LogP contribution >= 0.6 is 22.6 Å². The molecule has 0 aromatic heterocycles. The van der Waals surface area contributed by atoms with Gasteiger partial charge in [0.25, 0.3) is 5.91 Å². The van der Waals surface area contributed by atoms with E-state index in [-0.39, 0.29) is 5.70 Å². The summed E-state index contributed by atoms with van der Waals surface area (Å²) in [4.78, 5) is 26.6. The molecule has 0 aliphatic carbocycles. The third-order valence-corrected chi connectivity index (χ3v) is 6.04. The van der Waals surface area contributed by atoms with E-state index in [1.807, 2.05) is 49.4 Å². The lowest BCUT2D eigenvalue weighted by atomic mass is 10.0. The van der Waals surface area contributed by atoms with Crippen molar-refractivity contribution in [2.45, 2.75) is 20.0 Å². The van der Waals surface area contributed by atoms with Gasteiger partial charge >= 0.3 is 6.03 Å². The van der Waals surface area contributed by atoms with Crippen molar-refractivity contribution in [3.8, 4) is 11.5 Å². The average molecular weight is 580 g/mol. The first kappa shape index (κ1) is 24.5. The van der Waals surface area contributed by atoms with E-state index in [9.17, 15) is 9.59 Å². The maximum Gasteiger partial charge on any atom is 0.333 e. The number of anilines is 1. The Hall–Kier alpha value is -3.59. The highest BCUT2D eigenvalue weighted by Gasteiger charge is 2.34. The SMILES string of the molecule is C=CCc1cc(/C=C2/NC(=O)N(c3ccccc3)C2=O)cc(OCC)c1OCc1ccc(I)cc1. The monoisotopic (exact) mass is 580 g/mol. The molecular formula is C28H25IN2O4. The van der Waals surface area contributed by atoms with Crippen LogP contribution in [-0.2, 0) is 17.8 Å². The number of carbonyl (C=O) groups is 2. The Balaban J connectivity index is 1.65. The Kier molecular flexibility index (Phi) is 7.87.